The molecule has 1 unspecified atom stereocenters. The van der Waals surface area contributed by atoms with E-state index in [2.05, 4.69) is 24.4 Å². The monoisotopic (exact) mass is 251 g/mol. The van der Waals surface area contributed by atoms with Crippen LogP contribution in [0, 0.1) is 6.92 Å². The van der Waals surface area contributed by atoms with Gasteiger partial charge in [0.15, 0.2) is 0 Å². The molecule has 0 aliphatic carbocycles. The van der Waals surface area contributed by atoms with E-state index in [-0.39, 0.29) is 6.10 Å². The number of thioether (sulfide) groups is 1. The van der Waals surface area contributed by atoms with E-state index in [1.807, 2.05) is 23.9 Å². The second-order valence-electron chi connectivity index (χ2n) is 4.72. The number of rotatable bonds is 4. The Morgan fingerprint density at radius 1 is 1.41 bits per heavy atom. The van der Waals surface area contributed by atoms with Gasteiger partial charge in [0, 0.05) is 12.6 Å². The molecule has 1 heterocycles. The molecule has 0 aromatic heterocycles. The van der Waals surface area contributed by atoms with Crippen molar-refractivity contribution in [2.75, 3.05) is 18.1 Å². The molecule has 1 fully saturated rings. The van der Waals surface area contributed by atoms with Gasteiger partial charge in [-0.05, 0) is 36.8 Å². The van der Waals surface area contributed by atoms with E-state index in [4.69, 9.17) is 0 Å². The second kappa shape index (κ2) is 6.43. The average Bonchev–Trinajstić information content (AvgIpc) is 2.37. The number of hydrogen-bond donors (Lipinski definition) is 2. The number of aliphatic hydroxyl groups is 1. The van der Waals surface area contributed by atoms with Gasteiger partial charge in [0.1, 0.15) is 0 Å². The van der Waals surface area contributed by atoms with Crippen LogP contribution in [0.4, 0.5) is 0 Å². The maximum Gasteiger partial charge on any atom is 0.0914 e. The molecule has 3 heteroatoms. The number of hydrogen-bond acceptors (Lipinski definition) is 3. The Bertz CT molecular complexity index is 350. The fourth-order valence-electron chi connectivity index (χ4n) is 2.18. The van der Waals surface area contributed by atoms with Crippen LogP contribution in [-0.2, 0) is 0 Å². The van der Waals surface area contributed by atoms with Gasteiger partial charge in [0.2, 0.25) is 0 Å². The molecule has 0 bridgehead atoms. The molecule has 0 saturated carbocycles. The zero-order chi connectivity index (χ0) is 12.1. The molecule has 2 nitrogen and oxygen atoms in total. The third-order valence-electron chi connectivity index (χ3n) is 3.25. The molecule has 1 aliphatic heterocycles. The predicted molar refractivity (Wildman–Crippen MR) is 74.5 cm³/mol. The van der Waals surface area contributed by atoms with E-state index in [0.717, 1.165) is 5.56 Å². The topological polar surface area (TPSA) is 32.3 Å². The number of nitrogens with one attached hydrogen (secondary N) is 1. The van der Waals surface area contributed by atoms with Crippen LogP contribution in [0.25, 0.3) is 0 Å². The summed E-state index contributed by atoms with van der Waals surface area (Å²) in [4.78, 5) is 0. The Balaban J connectivity index is 1.82. The molecule has 1 saturated heterocycles. The van der Waals surface area contributed by atoms with Crippen molar-refractivity contribution < 1.29 is 5.11 Å². The van der Waals surface area contributed by atoms with Gasteiger partial charge in [0.05, 0.1) is 6.10 Å². The van der Waals surface area contributed by atoms with Gasteiger partial charge < -0.3 is 10.4 Å². The summed E-state index contributed by atoms with van der Waals surface area (Å²) in [6, 6.07) is 8.71. The zero-order valence-corrected chi connectivity index (χ0v) is 11.2. The van der Waals surface area contributed by atoms with Gasteiger partial charge in [-0.3, -0.25) is 0 Å². The quantitative estimate of drug-likeness (QED) is 0.862. The molecule has 1 aliphatic rings. The fraction of sp³-hybridized carbons (Fsp3) is 0.571. The molecule has 2 N–H and O–H groups in total. The molecular weight excluding hydrogens is 230 g/mol. The van der Waals surface area contributed by atoms with Gasteiger partial charge in [-0.15, -0.1) is 0 Å². The largest absolute Gasteiger partial charge is 0.387 e. The van der Waals surface area contributed by atoms with Crippen molar-refractivity contribution in [3.8, 4) is 0 Å². The summed E-state index contributed by atoms with van der Waals surface area (Å²) in [5.74, 6) is 2.50. The number of aliphatic hydroxyl groups excluding tert-OH is 1. The van der Waals surface area contributed by atoms with Crippen LogP contribution in [-0.4, -0.2) is 29.2 Å². The van der Waals surface area contributed by atoms with Crippen molar-refractivity contribution in [2.24, 2.45) is 0 Å². The lowest BCUT2D eigenvalue weighted by Gasteiger charge is -2.24. The second-order valence-corrected chi connectivity index (χ2v) is 5.95. The van der Waals surface area contributed by atoms with E-state index in [1.54, 1.807) is 0 Å². The minimum atomic E-state index is -0.385. The highest BCUT2D eigenvalue weighted by Gasteiger charge is 2.15. The van der Waals surface area contributed by atoms with E-state index in [0.29, 0.717) is 12.6 Å². The number of aryl methyl sites for hydroxylation is 1. The minimum Gasteiger partial charge on any atom is -0.387 e. The van der Waals surface area contributed by atoms with E-state index >= 15 is 0 Å². The first kappa shape index (κ1) is 12.9. The summed E-state index contributed by atoms with van der Waals surface area (Å²) in [6.45, 7) is 2.72. The summed E-state index contributed by atoms with van der Waals surface area (Å²) in [7, 11) is 0. The predicted octanol–water partition coefficient (Wildman–Crippen LogP) is 2.51. The summed E-state index contributed by atoms with van der Waals surface area (Å²) < 4.78 is 0. The smallest absolute Gasteiger partial charge is 0.0914 e. The maximum atomic E-state index is 10.1. The molecule has 0 radical (unpaired) electrons. The van der Waals surface area contributed by atoms with Crippen LogP contribution in [0.5, 0.6) is 0 Å². The van der Waals surface area contributed by atoms with Crippen LogP contribution < -0.4 is 5.32 Å². The van der Waals surface area contributed by atoms with E-state index < -0.39 is 0 Å². The lowest BCUT2D eigenvalue weighted by atomic mass is 10.1. The molecule has 1 aromatic carbocycles. The lowest BCUT2D eigenvalue weighted by molar-refractivity contribution is 0.168. The van der Waals surface area contributed by atoms with Gasteiger partial charge >= 0.3 is 0 Å². The summed E-state index contributed by atoms with van der Waals surface area (Å²) in [6.07, 6.45) is 2.07. The normalized spacial score (nSPS) is 19.2. The van der Waals surface area contributed by atoms with Crippen molar-refractivity contribution in [3.63, 3.8) is 0 Å². The van der Waals surface area contributed by atoms with Crippen LogP contribution in [0.15, 0.2) is 24.3 Å². The molecule has 94 valence electrons. The maximum absolute atomic E-state index is 10.1. The highest BCUT2D eigenvalue weighted by atomic mass is 32.2. The third kappa shape index (κ3) is 4.02. The highest BCUT2D eigenvalue weighted by molar-refractivity contribution is 7.99. The molecule has 0 spiro atoms. The molecule has 0 amide bonds. The molecule has 1 atom stereocenters. The summed E-state index contributed by atoms with van der Waals surface area (Å²) in [5, 5.41) is 13.6. The first-order valence-corrected chi connectivity index (χ1v) is 7.47. The van der Waals surface area contributed by atoms with Crippen LogP contribution in [0.1, 0.15) is 30.1 Å². The third-order valence-corrected chi connectivity index (χ3v) is 4.30. The van der Waals surface area contributed by atoms with Gasteiger partial charge in [0.25, 0.3) is 0 Å². The standard InChI is InChI=1S/C14H21NOS/c1-11-3-2-4-12(9-11)14(16)10-15-13-5-7-17-8-6-13/h2-4,9,13-16H,5-8,10H2,1H3. The molecule has 2 rings (SSSR count). The van der Waals surface area contributed by atoms with Crippen molar-refractivity contribution in [2.45, 2.75) is 31.9 Å². The van der Waals surface area contributed by atoms with Crippen molar-refractivity contribution in [3.05, 3.63) is 35.4 Å². The summed E-state index contributed by atoms with van der Waals surface area (Å²) in [5.41, 5.74) is 2.22. The Morgan fingerprint density at radius 2 is 2.18 bits per heavy atom. The minimum absolute atomic E-state index is 0.385. The van der Waals surface area contributed by atoms with Crippen molar-refractivity contribution in [1.29, 1.82) is 0 Å². The zero-order valence-electron chi connectivity index (χ0n) is 10.4. The first-order chi connectivity index (χ1) is 8.25. The summed E-state index contributed by atoms with van der Waals surface area (Å²) >= 11 is 2.03. The molecule has 1 aromatic rings. The van der Waals surface area contributed by atoms with Crippen molar-refractivity contribution >= 4 is 11.8 Å². The molecule has 17 heavy (non-hydrogen) atoms. The lowest BCUT2D eigenvalue weighted by Crippen LogP contribution is -2.35. The van der Waals surface area contributed by atoms with Gasteiger partial charge in [-0.1, -0.05) is 29.8 Å². The van der Waals surface area contributed by atoms with E-state index in [9.17, 15) is 5.11 Å². The Morgan fingerprint density at radius 3 is 2.88 bits per heavy atom. The average molecular weight is 251 g/mol. The Hall–Kier alpha value is -0.510. The first-order valence-electron chi connectivity index (χ1n) is 6.31. The van der Waals surface area contributed by atoms with Crippen LogP contribution in [0.3, 0.4) is 0 Å². The Labute approximate surface area is 108 Å². The molecular formula is C14H21NOS. The van der Waals surface area contributed by atoms with Gasteiger partial charge in [-0.25, -0.2) is 0 Å². The van der Waals surface area contributed by atoms with E-state index in [1.165, 1.54) is 29.9 Å². The van der Waals surface area contributed by atoms with Crippen LogP contribution in [0.2, 0.25) is 0 Å². The van der Waals surface area contributed by atoms with Gasteiger partial charge in [-0.2, -0.15) is 11.8 Å². The number of benzene rings is 1. The Kier molecular flexibility index (Phi) is 4.89. The highest BCUT2D eigenvalue weighted by Crippen LogP contribution is 2.18. The van der Waals surface area contributed by atoms with Crippen LogP contribution >= 0.6 is 11.8 Å². The fourth-order valence-corrected chi connectivity index (χ4v) is 3.28. The van der Waals surface area contributed by atoms with Crippen molar-refractivity contribution in [1.82, 2.24) is 5.32 Å². The SMILES string of the molecule is Cc1cccc(C(O)CNC2CCSCC2)c1.